The van der Waals surface area contributed by atoms with Gasteiger partial charge in [-0.15, -0.1) is 5.92 Å². The standard InChI is InChI=1S/C20H20N2O3S/c1-2-3-12-25-17-8-10-18(11-9-17)26-22-14-16-7-5-4-6-15(16)13-19(22)20(23)21-24/h4-11,19,24H,12-14H2,1H3,(H,21,23). The Balaban J connectivity index is 1.73. The number of hydroxylamine groups is 1. The maximum atomic E-state index is 12.1. The van der Waals surface area contributed by atoms with Crippen molar-refractivity contribution in [3.63, 3.8) is 0 Å². The smallest absolute Gasteiger partial charge is 0.261 e. The first-order chi connectivity index (χ1) is 12.7. The van der Waals surface area contributed by atoms with E-state index in [-0.39, 0.29) is 0 Å². The van der Waals surface area contributed by atoms with Crippen LogP contribution in [-0.2, 0) is 17.8 Å². The van der Waals surface area contributed by atoms with E-state index < -0.39 is 11.9 Å². The monoisotopic (exact) mass is 368 g/mol. The molecule has 0 aliphatic carbocycles. The molecule has 0 spiro atoms. The molecule has 0 saturated heterocycles. The summed E-state index contributed by atoms with van der Waals surface area (Å²) in [5, 5.41) is 9.10. The number of rotatable bonds is 5. The van der Waals surface area contributed by atoms with Crippen molar-refractivity contribution >= 4 is 17.9 Å². The highest BCUT2D eigenvalue weighted by Crippen LogP contribution is 2.33. The lowest BCUT2D eigenvalue weighted by atomic mass is 9.95. The second kappa shape index (κ2) is 8.77. The summed E-state index contributed by atoms with van der Waals surface area (Å²) in [4.78, 5) is 13.1. The minimum absolute atomic E-state index is 0.366. The summed E-state index contributed by atoms with van der Waals surface area (Å²) in [6, 6.07) is 15.3. The van der Waals surface area contributed by atoms with Crippen LogP contribution in [0.4, 0.5) is 0 Å². The number of hydrogen-bond donors (Lipinski definition) is 2. The van der Waals surface area contributed by atoms with Gasteiger partial charge in [-0.2, -0.15) is 0 Å². The summed E-state index contributed by atoms with van der Waals surface area (Å²) in [6.07, 6.45) is 0.562. The van der Waals surface area contributed by atoms with Gasteiger partial charge in [0.1, 0.15) is 18.4 Å². The highest BCUT2D eigenvalue weighted by molar-refractivity contribution is 7.97. The zero-order valence-corrected chi connectivity index (χ0v) is 15.3. The molecule has 26 heavy (non-hydrogen) atoms. The Morgan fingerprint density at radius 1 is 1.27 bits per heavy atom. The van der Waals surface area contributed by atoms with Crippen molar-refractivity contribution in [3.05, 3.63) is 59.7 Å². The predicted molar refractivity (Wildman–Crippen MR) is 101 cm³/mol. The van der Waals surface area contributed by atoms with Crippen LogP contribution >= 0.6 is 11.9 Å². The summed E-state index contributed by atoms with van der Waals surface area (Å²) in [5.41, 5.74) is 4.12. The highest BCUT2D eigenvalue weighted by atomic mass is 32.2. The van der Waals surface area contributed by atoms with Gasteiger partial charge >= 0.3 is 0 Å². The topological polar surface area (TPSA) is 61.8 Å². The largest absolute Gasteiger partial charge is 0.481 e. The van der Waals surface area contributed by atoms with Gasteiger partial charge in [-0.25, -0.2) is 9.79 Å². The molecule has 1 atom stereocenters. The predicted octanol–water partition coefficient (Wildman–Crippen LogP) is 3.03. The molecule has 2 aromatic carbocycles. The minimum Gasteiger partial charge on any atom is -0.481 e. The zero-order chi connectivity index (χ0) is 18.4. The van der Waals surface area contributed by atoms with Crippen molar-refractivity contribution in [2.24, 2.45) is 0 Å². The Morgan fingerprint density at radius 2 is 2.00 bits per heavy atom. The summed E-state index contributed by atoms with van der Waals surface area (Å²) < 4.78 is 7.51. The minimum atomic E-state index is -0.435. The lowest BCUT2D eigenvalue weighted by Crippen LogP contribution is -2.46. The highest BCUT2D eigenvalue weighted by Gasteiger charge is 2.32. The third-order valence-corrected chi connectivity index (χ3v) is 5.25. The van der Waals surface area contributed by atoms with E-state index in [1.54, 1.807) is 12.4 Å². The van der Waals surface area contributed by atoms with Crippen molar-refractivity contribution in [1.82, 2.24) is 9.79 Å². The Bertz CT molecular complexity index is 827. The Hall–Kier alpha value is -2.46. The van der Waals surface area contributed by atoms with E-state index in [2.05, 4.69) is 17.9 Å². The van der Waals surface area contributed by atoms with Gasteiger partial charge in [0.25, 0.3) is 5.91 Å². The second-order valence-electron chi connectivity index (χ2n) is 5.82. The molecule has 1 amide bonds. The fourth-order valence-electron chi connectivity index (χ4n) is 2.82. The van der Waals surface area contributed by atoms with E-state index in [0.29, 0.717) is 19.6 Å². The Kier molecular flexibility index (Phi) is 6.18. The van der Waals surface area contributed by atoms with Crippen molar-refractivity contribution in [2.45, 2.75) is 30.8 Å². The summed E-state index contributed by atoms with van der Waals surface area (Å²) in [5.74, 6) is 6.00. The van der Waals surface area contributed by atoms with Gasteiger partial charge in [0.05, 0.1) is 0 Å². The summed E-state index contributed by atoms with van der Waals surface area (Å²) >= 11 is 1.49. The molecule has 1 aliphatic heterocycles. The summed E-state index contributed by atoms with van der Waals surface area (Å²) in [7, 11) is 0. The lowest BCUT2D eigenvalue weighted by Gasteiger charge is -2.34. The van der Waals surface area contributed by atoms with Gasteiger partial charge in [-0.1, -0.05) is 30.2 Å². The Labute approximate surface area is 157 Å². The van der Waals surface area contributed by atoms with Crippen LogP contribution in [0.3, 0.4) is 0 Å². The fraction of sp³-hybridized carbons (Fsp3) is 0.250. The Morgan fingerprint density at radius 3 is 2.69 bits per heavy atom. The first kappa shape index (κ1) is 18.3. The average molecular weight is 368 g/mol. The quantitative estimate of drug-likeness (QED) is 0.368. The number of nitrogens with one attached hydrogen (secondary N) is 1. The maximum absolute atomic E-state index is 12.1. The van der Waals surface area contributed by atoms with E-state index >= 15 is 0 Å². The summed E-state index contributed by atoms with van der Waals surface area (Å²) in [6.45, 7) is 2.77. The normalized spacial score (nSPS) is 16.2. The van der Waals surface area contributed by atoms with Crippen LogP contribution in [-0.4, -0.2) is 28.1 Å². The number of fused-ring (bicyclic) bond motifs is 1. The van der Waals surface area contributed by atoms with Crippen molar-refractivity contribution in [3.8, 4) is 17.6 Å². The van der Waals surface area contributed by atoms with E-state index in [4.69, 9.17) is 9.94 Å². The van der Waals surface area contributed by atoms with Crippen LogP contribution in [0.1, 0.15) is 18.1 Å². The molecule has 134 valence electrons. The number of carbonyl (C=O) groups excluding carboxylic acids is 1. The van der Waals surface area contributed by atoms with E-state index in [9.17, 15) is 4.79 Å². The number of benzene rings is 2. The zero-order valence-electron chi connectivity index (χ0n) is 14.4. The molecule has 6 heteroatoms. The molecule has 1 unspecified atom stereocenters. The van der Waals surface area contributed by atoms with Crippen LogP contribution in [0.15, 0.2) is 53.4 Å². The van der Waals surface area contributed by atoms with Crippen LogP contribution in [0.2, 0.25) is 0 Å². The fourth-order valence-corrected chi connectivity index (χ4v) is 3.85. The van der Waals surface area contributed by atoms with Crippen LogP contribution in [0.5, 0.6) is 5.75 Å². The molecule has 3 rings (SSSR count). The molecule has 0 fully saturated rings. The van der Waals surface area contributed by atoms with Crippen LogP contribution in [0.25, 0.3) is 0 Å². The van der Waals surface area contributed by atoms with Gasteiger partial charge in [-0.3, -0.25) is 10.0 Å². The molecule has 1 aliphatic rings. The second-order valence-corrected chi connectivity index (χ2v) is 6.94. The van der Waals surface area contributed by atoms with E-state index in [0.717, 1.165) is 16.2 Å². The lowest BCUT2D eigenvalue weighted by molar-refractivity contribution is -0.133. The first-order valence-electron chi connectivity index (χ1n) is 8.29. The van der Waals surface area contributed by atoms with Crippen LogP contribution < -0.4 is 10.2 Å². The molecule has 0 radical (unpaired) electrons. The van der Waals surface area contributed by atoms with Gasteiger partial charge in [-0.05, 0) is 60.7 Å². The molecule has 2 aromatic rings. The van der Waals surface area contributed by atoms with Crippen LogP contribution in [0, 0.1) is 11.8 Å². The van der Waals surface area contributed by atoms with E-state index in [1.165, 1.54) is 17.5 Å². The number of hydrogen-bond acceptors (Lipinski definition) is 5. The number of carbonyl (C=O) groups is 1. The SMILES string of the molecule is CC#CCOc1ccc(SN2Cc3ccccc3CC2C(=O)NO)cc1. The molecular weight excluding hydrogens is 348 g/mol. The molecule has 0 aromatic heterocycles. The van der Waals surface area contributed by atoms with E-state index in [1.807, 2.05) is 46.8 Å². The molecule has 5 nitrogen and oxygen atoms in total. The van der Waals surface area contributed by atoms with Gasteiger partial charge in [0.15, 0.2) is 0 Å². The van der Waals surface area contributed by atoms with Crippen molar-refractivity contribution in [1.29, 1.82) is 0 Å². The average Bonchev–Trinajstić information content (AvgIpc) is 2.68. The van der Waals surface area contributed by atoms with Crippen molar-refractivity contribution in [2.75, 3.05) is 6.61 Å². The van der Waals surface area contributed by atoms with Gasteiger partial charge in [0, 0.05) is 11.4 Å². The maximum Gasteiger partial charge on any atom is 0.261 e. The number of nitrogens with zero attached hydrogens (tertiary/aromatic N) is 1. The third kappa shape index (κ3) is 4.38. The molecule has 0 saturated carbocycles. The van der Waals surface area contributed by atoms with Gasteiger partial charge < -0.3 is 4.74 Å². The molecule has 0 bridgehead atoms. The first-order valence-corrected chi connectivity index (χ1v) is 9.06. The number of amides is 1. The molecule has 1 heterocycles. The molecule has 2 N–H and O–H groups in total. The van der Waals surface area contributed by atoms with Crippen molar-refractivity contribution < 1.29 is 14.7 Å². The molecular formula is C20H20N2O3S. The number of ether oxygens (including phenoxy) is 1. The van der Waals surface area contributed by atoms with Gasteiger partial charge in [0.2, 0.25) is 0 Å². The third-order valence-electron chi connectivity index (χ3n) is 4.15.